The highest BCUT2D eigenvalue weighted by Crippen LogP contribution is 2.21. The van der Waals surface area contributed by atoms with E-state index in [1.807, 2.05) is 62.4 Å². The van der Waals surface area contributed by atoms with E-state index in [1.54, 1.807) is 19.9 Å². The van der Waals surface area contributed by atoms with Gasteiger partial charge in [0, 0.05) is 32.5 Å². The van der Waals surface area contributed by atoms with Crippen LogP contribution in [0.25, 0.3) is 0 Å². The molecule has 4 rings (SSSR count). The molecule has 0 saturated carbocycles. The van der Waals surface area contributed by atoms with Crippen molar-refractivity contribution in [1.29, 1.82) is 5.26 Å². The summed E-state index contributed by atoms with van der Waals surface area (Å²) < 4.78 is 1.52. The third-order valence-electron chi connectivity index (χ3n) is 8.12. The summed E-state index contributed by atoms with van der Waals surface area (Å²) in [7, 11) is 0. The van der Waals surface area contributed by atoms with E-state index in [2.05, 4.69) is 42.3 Å². The average molecular weight is 656 g/mol. The van der Waals surface area contributed by atoms with Gasteiger partial charge in [-0.15, -0.1) is 0 Å². The fourth-order valence-electron chi connectivity index (χ4n) is 5.61. The van der Waals surface area contributed by atoms with Gasteiger partial charge in [0.15, 0.2) is 5.82 Å². The maximum atomic E-state index is 13.8. The Morgan fingerprint density at radius 1 is 0.938 bits per heavy atom. The molecule has 1 aliphatic heterocycles. The molecule has 0 unspecified atom stereocenters. The summed E-state index contributed by atoms with van der Waals surface area (Å²) >= 11 is 0. The Bertz CT molecular complexity index is 1620. The lowest BCUT2D eigenvalue weighted by atomic mass is 10.0. The number of aryl methyl sites for hydroxylation is 1. The first kappa shape index (κ1) is 35.8. The van der Waals surface area contributed by atoms with Crippen LogP contribution in [0, 0.1) is 24.2 Å². The molecule has 2 aromatic carbocycles. The van der Waals surface area contributed by atoms with Crippen molar-refractivity contribution in [2.75, 3.05) is 19.6 Å². The largest absolute Gasteiger partial charge is 0.353 e. The van der Waals surface area contributed by atoms with Gasteiger partial charge in [0.1, 0.15) is 24.5 Å². The summed E-state index contributed by atoms with van der Waals surface area (Å²) in [6.45, 7) is 9.00. The number of rotatable bonds is 5. The number of benzene rings is 2. The number of fused-ring (bicyclic) bond motifs is 1. The van der Waals surface area contributed by atoms with Crippen LogP contribution in [0.1, 0.15) is 68.0 Å². The van der Waals surface area contributed by atoms with Gasteiger partial charge in [-0.25, -0.2) is 9.67 Å². The SMILES string of the molecule is Cc1nc2n(n1)CC(=O)NCCN(Cc1cccc(C#N)c1)CCCC(=O)N[C@@H](C)C(=O)N[C@H](Cc1ccccc1)C(=O)N[C@H]2C(C)C. The maximum Gasteiger partial charge on any atom is 0.243 e. The van der Waals surface area contributed by atoms with E-state index in [0.29, 0.717) is 49.8 Å². The highest BCUT2D eigenvalue weighted by Gasteiger charge is 2.30. The van der Waals surface area contributed by atoms with E-state index in [-0.39, 0.29) is 37.1 Å². The number of hydrogen-bond donors (Lipinski definition) is 4. The van der Waals surface area contributed by atoms with Crippen molar-refractivity contribution >= 4 is 23.6 Å². The van der Waals surface area contributed by atoms with Crippen LogP contribution in [0.15, 0.2) is 54.6 Å². The number of aromatic nitrogens is 3. The summed E-state index contributed by atoms with van der Waals surface area (Å²) in [6.07, 6.45) is 0.908. The molecular formula is C35H45N9O4. The normalized spacial score (nSPS) is 20.9. The minimum atomic E-state index is -0.944. The molecule has 1 aromatic heterocycles. The van der Waals surface area contributed by atoms with Crippen LogP contribution in [0.3, 0.4) is 0 Å². The van der Waals surface area contributed by atoms with Crippen LogP contribution in [0.5, 0.6) is 0 Å². The van der Waals surface area contributed by atoms with Gasteiger partial charge in [0.05, 0.1) is 17.7 Å². The Morgan fingerprint density at radius 3 is 2.42 bits per heavy atom. The van der Waals surface area contributed by atoms with E-state index in [9.17, 15) is 24.4 Å². The molecule has 3 atom stereocenters. The second-order valence-corrected chi connectivity index (χ2v) is 12.5. The molecule has 13 nitrogen and oxygen atoms in total. The zero-order valence-corrected chi connectivity index (χ0v) is 28.0. The molecule has 254 valence electrons. The lowest BCUT2D eigenvalue weighted by Gasteiger charge is -2.27. The minimum absolute atomic E-state index is 0.0959. The Morgan fingerprint density at radius 2 is 1.69 bits per heavy atom. The molecule has 0 aliphatic carbocycles. The van der Waals surface area contributed by atoms with E-state index in [1.165, 1.54) is 4.68 Å². The molecule has 2 heterocycles. The second-order valence-electron chi connectivity index (χ2n) is 12.5. The van der Waals surface area contributed by atoms with Crippen molar-refractivity contribution < 1.29 is 19.2 Å². The van der Waals surface area contributed by atoms with E-state index >= 15 is 0 Å². The van der Waals surface area contributed by atoms with Crippen LogP contribution < -0.4 is 21.3 Å². The first-order valence-corrected chi connectivity index (χ1v) is 16.4. The smallest absolute Gasteiger partial charge is 0.243 e. The van der Waals surface area contributed by atoms with Crippen LogP contribution in [-0.2, 0) is 38.7 Å². The van der Waals surface area contributed by atoms with Gasteiger partial charge >= 0.3 is 0 Å². The fraction of sp³-hybridized carbons (Fsp3) is 0.457. The first-order chi connectivity index (χ1) is 23.0. The Labute approximate surface area is 281 Å². The topological polar surface area (TPSA) is 174 Å². The molecule has 0 bridgehead atoms. The number of nitrogens with zero attached hydrogens (tertiary/aromatic N) is 5. The number of nitriles is 1. The third-order valence-corrected chi connectivity index (χ3v) is 8.12. The van der Waals surface area contributed by atoms with Crippen molar-refractivity contribution in [2.45, 2.75) is 78.2 Å². The quantitative estimate of drug-likeness (QED) is 0.323. The van der Waals surface area contributed by atoms with E-state index in [4.69, 9.17) is 0 Å². The van der Waals surface area contributed by atoms with Crippen molar-refractivity contribution in [1.82, 2.24) is 40.9 Å². The molecular weight excluding hydrogens is 610 g/mol. The highest BCUT2D eigenvalue weighted by atomic mass is 16.2. The minimum Gasteiger partial charge on any atom is -0.353 e. The molecule has 13 heteroatoms. The predicted molar refractivity (Wildman–Crippen MR) is 179 cm³/mol. The van der Waals surface area contributed by atoms with Gasteiger partial charge in [-0.1, -0.05) is 56.3 Å². The van der Waals surface area contributed by atoms with Gasteiger partial charge in [-0.05, 0) is 56.0 Å². The summed E-state index contributed by atoms with van der Waals surface area (Å²) in [5.74, 6) is -0.689. The van der Waals surface area contributed by atoms with Gasteiger partial charge in [-0.2, -0.15) is 10.4 Å². The highest BCUT2D eigenvalue weighted by molar-refractivity contribution is 5.92. The first-order valence-electron chi connectivity index (χ1n) is 16.4. The summed E-state index contributed by atoms with van der Waals surface area (Å²) in [5.41, 5.74) is 2.35. The third kappa shape index (κ3) is 10.5. The molecule has 4 amide bonds. The molecule has 1 aliphatic rings. The van der Waals surface area contributed by atoms with Crippen LogP contribution >= 0.6 is 0 Å². The molecule has 0 saturated heterocycles. The number of amides is 4. The number of nitrogens with one attached hydrogen (secondary N) is 4. The number of carbonyl (C=O) groups is 4. The predicted octanol–water partition coefficient (Wildman–Crippen LogP) is 1.92. The zero-order valence-electron chi connectivity index (χ0n) is 28.0. The molecule has 3 aromatic rings. The zero-order chi connectivity index (χ0) is 34.6. The van der Waals surface area contributed by atoms with Gasteiger partial charge in [0.2, 0.25) is 23.6 Å². The van der Waals surface area contributed by atoms with Crippen molar-refractivity contribution in [2.24, 2.45) is 5.92 Å². The Balaban J connectivity index is 1.60. The maximum absolute atomic E-state index is 13.8. The monoisotopic (exact) mass is 655 g/mol. The molecule has 0 fully saturated rings. The van der Waals surface area contributed by atoms with E-state index in [0.717, 1.165) is 11.1 Å². The van der Waals surface area contributed by atoms with Gasteiger partial charge < -0.3 is 21.3 Å². The van der Waals surface area contributed by atoms with Crippen molar-refractivity contribution in [3.63, 3.8) is 0 Å². The van der Waals surface area contributed by atoms with Gasteiger partial charge in [-0.3, -0.25) is 24.1 Å². The van der Waals surface area contributed by atoms with Crippen molar-refractivity contribution in [3.8, 4) is 6.07 Å². The van der Waals surface area contributed by atoms with Gasteiger partial charge in [0.25, 0.3) is 0 Å². The fourth-order valence-corrected chi connectivity index (χ4v) is 5.61. The van der Waals surface area contributed by atoms with Crippen LogP contribution in [-0.4, -0.2) is 75.0 Å². The van der Waals surface area contributed by atoms with E-state index < -0.39 is 29.9 Å². The Kier molecular flexibility index (Phi) is 12.8. The van der Waals surface area contributed by atoms with Crippen LogP contribution in [0.4, 0.5) is 0 Å². The summed E-state index contributed by atoms with van der Waals surface area (Å²) in [6, 6.07) is 16.4. The van der Waals surface area contributed by atoms with Crippen LogP contribution in [0.2, 0.25) is 0 Å². The molecule has 0 radical (unpaired) electrons. The second kappa shape index (κ2) is 17.2. The lowest BCUT2D eigenvalue weighted by Crippen LogP contribution is -2.54. The average Bonchev–Trinajstić information content (AvgIpc) is 3.41. The Hall–Kier alpha value is -5.09. The lowest BCUT2D eigenvalue weighted by molar-refractivity contribution is -0.132. The molecule has 0 spiro atoms. The summed E-state index contributed by atoms with van der Waals surface area (Å²) in [5, 5.41) is 25.4. The van der Waals surface area contributed by atoms with Crippen molar-refractivity contribution in [3.05, 3.63) is 82.9 Å². The standard InChI is InChI=1S/C35H45N9O4/c1-23(2)32-33-39-25(4)42-44(33)22-31(46)37-15-17-43(21-28-13-8-12-27(18-28)20-36)16-9-14-30(45)38-24(3)34(47)40-29(35(48)41-32)19-26-10-6-5-7-11-26/h5-8,10-13,18,23-24,29,32H,9,14-17,19,21-22H2,1-4H3,(H,37,46)(H,38,45)(H,40,47)(H,41,48)/t24-,29+,32-/m0/s1. The molecule has 48 heavy (non-hydrogen) atoms. The number of hydrogen-bond acceptors (Lipinski definition) is 8. The molecule has 4 N–H and O–H groups in total. The number of carbonyl (C=O) groups excluding carboxylic acids is 4. The summed E-state index contributed by atoms with van der Waals surface area (Å²) in [4.78, 5) is 59.9.